The maximum atomic E-state index is 12.2. The molecule has 3 aromatic carbocycles. The Labute approximate surface area is 660 Å². The van der Waals surface area contributed by atoms with E-state index in [1.54, 1.807) is 43.5 Å². The average molecular weight is 1540 g/mol. The van der Waals surface area contributed by atoms with E-state index in [1.807, 2.05) is 95.7 Å². The number of likely N-dealkylation sites (tertiary alicyclic amines) is 1. The van der Waals surface area contributed by atoms with Gasteiger partial charge in [-0.3, -0.25) is 14.4 Å². The molecule has 0 spiro atoms. The normalized spacial score (nSPS) is 17.1. The number of piperazine rings is 3. The van der Waals surface area contributed by atoms with Crippen LogP contribution in [0.5, 0.6) is 46.8 Å². The second kappa shape index (κ2) is 38.7. The molecule has 0 bridgehead atoms. The number of phenolic OH excluding ortho intramolecular Hbond substituents is 3. The Morgan fingerprint density at radius 2 is 0.902 bits per heavy atom. The van der Waals surface area contributed by atoms with Gasteiger partial charge in [-0.25, -0.2) is 0 Å². The molecule has 112 heavy (non-hydrogen) atoms. The number of likely N-dealkylation sites (N-methyl/N-ethyl adjacent to an activating group) is 2. The average Bonchev–Trinajstić information content (AvgIpc) is 0.782. The number of para-hydroxylation sites is 1. The van der Waals surface area contributed by atoms with E-state index in [0.29, 0.717) is 129 Å². The standard InChI is InChI=1S/C31H44N6O4.C26H36N6O4.C26H36N6O3/c1-4-29(39)35-16-18-36(19-17-35)30-25-11-15-37(27-21-24(38)9-10-28(27)41-23(2)3)22-26(25)32-31(33-30)40-20-8-14-34-12-6-5-7-13-34;1-6-24(34)30-11-13-31(14-12-30)25-20-9-10-32(22-15-19(33)7-8-23(22)35-5)17-21(20)27-26(28-25)36-18(2)16-29(3)4;1-6-23(34)30-12-14-31(15-13-30)25-20-10-11-32(24-18(2)8-7-9-22(24)33)17-21(20)27-26(28-25)35-19(3)16-29(4)5/h4,9-10,21,23,38H,1,5-8,11-20,22H2,2-3H3;6-8,15,18,33H,1,9-14,16-17H2,2-5H3;6-9,19,33H,1,10-17H2,2-5H3/t;18-;19-/m.11/s1. The first kappa shape index (κ1) is 82.6. The van der Waals surface area contributed by atoms with E-state index in [-0.39, 0.29) is 53.3 Å². The highest BCUT2D eigenvalue weighted by atomic mass is 16.5. The van der Waals surface area contributed by atoms with Crippen molar-refractivity contribution in [1.82, 2.24) is 59.3 Å². The molecule has 4 fully saturated rings. The summed E-state index contributed by atoms with van der Waals surface area (Å²) in [4.78, 5) is 90.8. The highest BCUT2D eigenvalue weighted by molar-refractivity contribution is 5.88. The number of hydrogen-bond donors (Lipinski definition) is 3. The van der Waals surface area contributed by atoms with Gasteiger partial charge in [0.1, 0.15) is 58.4 Å². The first-order valence-electron chi connectivity index (χ1n) is 39.5. The van der Waals surface area contributed by atoms with Crippen LogP contribution in [0.4, 0.5) is 34.5 Å². The monoisotopic (exact) mass is 1540 g/mol. The zero-order chi connectivity index (χ0) is 79.7. The first-order chi connectivity index (χ1) is 53.9. The van der Waals surface area contributed by atoms with Gasteiger partial charge in [-0.1, -0.05) is 38.3 Å². The van der Waals surface area contributed by atoms with E-state index in [2.05, 4.69) is 63.8 Å². The Morgan fingerprint density at radius 1 is 0.491 bits per heavy atom. The summed E-state index contributed by atoms with van der Waals surface area (Å²) in [6.07, 6.45) is 11.1. The molecule has 4 saturated heterocycles. The molecule has 0 aliphatic carbocycles. The van der Waals surface area contributed by atoms with Crippen molar-refractivity contribution in [2.45, 2.75) is 118 Å². The van der Waals surface area contributed by atoms with Crippen molar-refractivity contribution >= 4 is 52.2 Å². The number of ether oxygens (including phenoxy) is 5. The SMILES string of the molecule is C=CC(=O)N1CCN(c2nc(OCCCN3CCCCC3)nc3c2CCN(c2cc(O)ccc2OC(C)C)C3)CC1.C=CC(=O)N1CCN(c2nc(O[C@H](C)CN(C)C)nc3c2CCN(c2c(C)cccc2O)C3)CC1.C=CC(=O)N1CCN(c2nc(O[C@H](C)CN(C)C)nc3c2CCN(c2cc(O)ccc2OC)C3)CC1. The molecule has 10 heterocycles. The number of hydrogen-bond acceptors (Lipinski definition) is 26. The summed E-state index contributed by atoms with van der Waals surface area (Å²) in [5.41, 5.74) is 9.63. The second-order valence-electron chi connectivity index (χ2n) is 30.4. The molecule has 29 nitrogen and oxygen atoms in total. The molecule has 29 heteroatoms. The molecule has 6 aromatic rings. The minimum atomic E-state index is -0.0844. The predicted octanol–water partition coefficient (Wildman–Crippen LogP) is 7.76. The van der Waals surface area contributed by atoms with E-state index in [0.717, 1.165) is 145 Å². The van der Waals surface area contributed by atoms with Gasteiger partial charge in [0, 0.05) is 147 Å². The molecule has 3 aromatic heterocycles. The topological polar surface area (TPSA) is 274 Å². The predicted molar refractivity (Wildman–Crippen MR) is 436 cm³/mol. The van der Waals surface area contributed by atoms with Gasteiger partial charge in [-0.2, -0.15) is 29.9 Å². The molecule has 7 aliphatic rings. The Balaban J connectivity index is 0.000000167. The molecule has 3 amide bonds. The Kier molecular flexibility index (Phi) is 28.5. The van der Waals surface area contributed by atoms with Crippen molar-refractivity contribution in [3.63, 3.8) is 0 Å². The van der Waals surface area contributed by atoms with Crippen LogP contribution in [0.2, 0.25) is 0 Å². The molecule has 0 unspecified atom stereocenters. The van der Waals surface area contributed by atoms with Gasteiger partial charge >= 0.3 is 18.0 Å². The third-order valence-electron chi connectivity index (χ3n) is 21.1. The number of anilines is 6. The number of piperidine rings is 1. The number of carbonyl (C=O) groups excluding carboxylic acids is 3. The number of aryl methyl sites for hydroxylation is 1. The van der Waals surface area contributed by atoms with Crippen LogP contribution in [0, 0.1) is 6.92 Å². The third-order valence-corrected chi connectivity index (χ3v) is 21.1. The van der Waals surface area contributed by atoms with Crippen LogP contribution in [-0.4, -0.2) is 283 Å². The van der Waals surface area contributed by atoms with Crippen LogP contribution in [0.15, 0.2) is 92.6 Å². The van der Waals surface area contributed by atoms with Crippen LogP contribution in [-0.2, 0) is 53.3 Å². The molecular formula is C83H116N18O11. The van der Waals surface area contributed by atoms with Crippen molar-refractivity contribution in [2.75, 3.05) is 202 Å². The lowest BCUT2D eigenvalue weighted by atomic mass is 10.0. The number of carbonyl (C=O) groups is 3. The summed E-state index contributed by atoms with van der Waals surface area (Å²) in [5.74, 6) is 4.67. The number of aromatic nitrogens is 6. The lowest BCUT2D eigenvalue weighted by Crippen LogP contribution is -2.49. The van der Waals surface area contributed by atoms with Crippen LogP contribution < -0.4 is 53.1 Å². The van der Waals surface area contributed by atoms with Crippen molar-refractivity contribution in [1.29, 1.82) is 0 Å². The zero-order valence-electron chi connectivity index (χ0n) is 67.4. The van der Waals surface area contributed by atoms with Gasteiger partial charge < -0.3 is 97.8 Å². The summed E-state index contributed by atoms with van der Waals surface area (Å²) in [6, 6.07) is 17.1. The van der Waals surface area contributed by atoms with Crippen molar-refractivity contribution < 1.29 is 53.4 Å². The number of amides is 3. The number of aromatic hydroxyl groups is 3. The zero-order valence-corrected chi connectivity index (χ0v) is 67.4. The Morgan fingerprint density at radius 3 is 1.32 bits per heavy atom. The number of benzene rings is 3. The van der Waals surface area contributed by atoms with Gasteiger partial charge in [0.2, 0.25) is 17.7 Å². The lowest BCUT2D eigenvalue weighted by Gasteiger charge is -2.38. The summed E-state index contributed by atoms with van der Waals surface area (Å²) >= 11 is 0. The number of fused-ring (bicyclic) bond motifs is 3. The maximum absolute atomic E-state index is 12.2. The van der Waals surface area contributed by atoms with Gasteiger partial charge in [0.05, 0.1) is 73.6 Å². The molecule has 0 saturated carbocycles. The van der Waals surface area contributed by atoms with Crippen molar-refractivity contribution in [3.8, 4) is 46.8 Å². The van der Waals surface area contributed by atoms with Crippen LogP contribution in [0.25, 0.3) is 0 Å². The molecule has 604 valence electrons. The maximum Gasteiger partial charge on any atom is 0.318 e. The highest BCUT2D eigenvalue weighted by Gasteiger charge is 2.35. The van der Waals surface area contributed by atoms with Crippen molar-refractivity contribution in [2.24, 2.45) is 0 Å². The molecule has 3 N–H and O–H groups in total. The van der Waals surface area contributed by atoms with Gasteiger partial charge in [-0.05, 0) is 169 Å². The molecule has 2 atom stereocenters. The van der Waals surface area contributed by atoms with Crippen molar-refractivity contribution in [3.05, 3.63) is 132 Å². The van der Waals surface area contributed by atoms with E-state index in [9.17, 15) is 29.7 Å². The third kappa shape index (κ3) is 21.2. The summed E-state index contributed by atoms with van der Waals surface area (Å²) in [6.45, 7) is 38.1. The summed E-state index contributed by atoms with van der Waals surface area (Å²) in [7, 11) is 9.65. The van der Waals surface area contributed by atoms with E-state index >= 15 is 0 Å². The van der Waals surface area contributed by atoms with Gasteiger partial charge in [0.15, 0.2) is 0 Å². The van der Waals surface area contributed by atoms with E-state index < -0.39 is 0 Å². The highest BCUT2D eigenvalue weighted by Crippen LogP contribution is 2.41. The quantitative estimate of drug-likeness (QED) is 0.0365. The number of phenols is 3. The van der Waals surface area contributed by atoms with Crippen LogP contribution >= 0.6 is 0 Å². The van der Waals surface area contributed by atoms with E-state index in [4.69, 9.17) is 53.6 Å². The first-order valence-corrected chi connectivity index (χ1v) is 39.5. The summed E-state index contributed by atoms with van der Waals surface area (Å²) < 4.78 is 30.1. The fourth-order valence-electron chi connectivity index (χ4n) is 15.7. The summed E-state index contributed by atoms with van der Waals surface area (Å²) in [5, 5.41) is 30.9. The minimum Gasteiger partial charge on any atom is -0.508 e. The largest absolute Gasteiger partial charge is 0.508 e. The molecule has 7 aliphatic heterocycles. The van der Waals surface area contributed by atoms with Gasteiger partial charge in [-0.15, -0.1) is 0 Å². The second-order valence-corrected chi connectivity index (χ2v) is 30.4. The van der Waals surface area contributed by atoms with E-state index in [1.165, 1.54) is 50.6 Å². The molecular weight excluding hydrogens is 1430 g/mol. The lowest BCUT2D eigenvalue weighted by molar-refractivity contribution is -0.127. The minimum absolute atomic E-state index is 0.0147. The fourth-order valence-corrected chi connectivity index (χ4v) is 15.7. The Bertz CT molecular complexity index is 4210. The number of methoxy groups -OCH3 is 1. The molecule has 13 rings (SSSR count). The molecule has 0 radical (unpaired) electrons. The number of nitrogens with zero attached hydrogens (tertiary/aromatic N) is 18. The fraction of sp³-hybridized carbons (Fsp3) is 0.530. The smallest absolute Gasteiger partial charge is 0.318 e. The van der Waals surface area contributed by atoms with Crippen LogP contribution in [0.3, 0.4) is 0 Å². The van der Waals surface area contributed by atoms with Crippen LogP contribution in [0.1, 0.15) is 92.7 Å². The Hall–Kier alpha value is -10.4. The number of rotatable bonds is 25. The van der Waals surface area contributed by atoms with Gasteiger partial charge in [0.25, 0.3) is 0 Å².